The van der Waals surface area contributed by atoms with E-state index in [1.165, 1.54) is 16.8 Å². The molecule has 0 bridgehead atoms. The van der Waals surface area contributed by atoms with Gasteiger partial charge in [0.1, 0.15) is 0 Å². The summed E-state index contributed by atoms with van der Waals surface area (Å²) < 4.78 is 1.91. The number of aromatic nitrogens is 2. The molecule has 184 valence electrons. The van der Waals surface area contributed by atoms with Crippen molar-refractivity contribution < 1.29 is 0 Å². The number of guanidine groups is 1. The second-order valence-electron chi connectivity index (χ2n) is 9.15. The maximum absolute atomic E-state index is 4.62. The zero-order valence-electron chi connectivity index (χ0n) is 21.0. The van der Waals surface area contributed by atoms with Crippen molar-refractivity contribution in [1.29, 1.82) is 0 Å². The summed E-state index contributed by atoms with van der Waals surface area (Å²) in [5, 5.41) is 8.16. The molecule has 0 radical (unpaired) electrons. The Morgan fingerprint density at radius 3 is 2.42 bits per heavy atom. The number of benzene rings is 1. The van der Waals surface area contributed by atoms with Crippen LogP contribution in [-0.4, -0.2) is 83.8 Å². The standard InChI is InChI=1S/C25H41N7.HI/c1-21(2)24-23(20-30(5)28-24)19-29(4)25(26-3)27-12-9-13-31-14-16-32(17-15-31)18-22-10-7-6-8-11-22;/h6-8,10-11,20-21H,9,12-19H2,1-5H3,(H,26,27);1H. The first-order valence-electron chi connectivity index (χ1n) is 11.9. The van der Waals surface area contributed by atoms with Gasteiger partial charge in [0, 0.05) is 78.7 Å². The maximum atomic E-state index is 4.62. The molecule has 0 unspecified atom stereocenters. The highest BCUT2D eigenvalue weighted by Gasteiger charge is 2.17. The molecule has 3 rings (SSSR count). The maximum Gasteiger partial charge on any atom is 0.193 e. The molecule has 1 aromatic carbocycles. The summed E-state index contributed by atoms with van der Waals surface area (Å²) in [5.74, 6) is 1.36. The Labute approximate surface area is 217 Å². The van der Waals surface area contributed by atoms with Crippen LogP contribution in [0, 0.1) is 0 Å². The second-order valence-corrected chi connectivity index (χ2v) is 9.15. The van der Waals surface area contributed by atoms with E-state index in [-0.39, 0.29) is 24.0 Å². The lowest BCUT2D eigenvalue weighted by Crippen LogP contribution is -2.46. The van der Waals surface area contributed by atoms with E-state index in [4.69, 9.17) is 0 Å². The van der Waals surface area contributed by atoms with E-state index >= 15 is 0 Å². The predicted octanol–water partition coefficient (Wildman–Crippen LogP) is 3.38. The molecule has 8 heteroatoms. The first kappa shape index (κ1) is 27.6. The van der Waals surface area contributed by atoms with Crippen LogP contribution >= 0.6 is 24.0 Å². The minimum Gasteiger partial charge on any atom is -0.356 e. The molecule has 0 spiro atoms. The number of nitrogens with zero attached hydrogens (tertiary/aromatic N) is 6. The van der Waals surface area contributed by atoms with Gasteiger partial charge in [-0.25, -0.2) is 0 Å². The molecule has 1 aliphatic heterocycles. The number of hydrogen-bond donors (Lipinski definition) is 1. The molecule has 2 aromatic rings. The van der Waals surface area contributed by atoms with E-state index < -0.39 is 0 Å². The van der Waals surface area contributed by atoms with Crippen LogP contribution in [0.4, 0.5) is 0 Å². The van der Waals surface area contributed by atoms with Gasteiger partial charge in [0.15, 0.2) is 5.96 Å². The van der Waals surface area contributed by atoms with Crippen molar-refractivity contribution in [3.63, 3.8) is 0 Å². The van der Waals surface area contributed by atoms with Gasteiger partial charge < -0.3 is 15.1 Å². The van der Waals surface area contributed by atoms with Gasteiger partial charge in [0.05, 0.1) is 5.69 Å². The second kappa shape index (κ2) is 13.9. The monoisotopic (exact) mass is 567 g/mol. The zero-order valence-corrected chi connectivity index (χ0v) is 23.3. The van der Waals surface area contributed by atoms with Crippen LogP contribution in [-0.2, 0) is 20.1 Å². The average molecular weight is 568 g/mol. The third-order valence-electron chi connectivity index (χ3n) is 6.11. The lowest BCUT2D eigenvalue weighted by atomic mass is 10.1. The van der Waals surface area contributed by atoms with E-state index in [2.05, 4.69) is 87.5 Å². The molecule has 0 atom stereocenters. The highest BCUT2D eigenvalue weighted by molar-refractivity contribution is 14.0. The topological polar surface area (TPSA) is 51.9 Å². The molecule has 1 aliphatic rings. The minimum absolute atomic E-state index is 0. The Balaban J connectivity index is 0.00000385. The highest BCUT2D eigenvalue weighted by Crippen LogP contribution is 2.18. The average Bonchev–Trinajstić information content (AvgIpc) is 3.16. The van der Waals surface area contributed by atoms with E-state index in [0.29, 0.717) is 5.92 Å². The molecule has 1 fully saturated rings. The highest BCUT2D eigenvalue weighted by atomic mass is 127. The summed E-state index contributed by atoms with van der Waals surface area (Å²) in [6.07, 6.45) is 3.24. The molecule has 0 saturated carbocycles. The van der Waals surface area contributed by atoms with E-state index in [9.17, 15) is 0 Å². The summed E-state index contributed by atoms with van der Waals surface area (Å²) in [4.78, 5) is 11.8. The Kier molecular flexibility index (Phi) is 11.6. The Hall–Kier alpha value is -1.65. The predicted molar refractivity (Wildman–Crippen MR) is 148 cm³/mol. The molecule has 33 heavy (non-hydrogen) atoms. The third-order valence-corrected chi connectivity index (χ3v) is 6.11. The molecular weight excluding hydrogens is 525 g/mol. The molecule has 7 nitrogen and oxygen atoms in total. The van der Waals surface area contributed by atoms with Crippen LogP contribution in [0.2, 0.25) is 0 Å². The van der Waals surface area contributed by atoms with Gasteiger partial charge in [-0.15, -0.1) is 24.0 Å². The quantitative estimate of drug-likeness (QED) is 0.218. The SMILES string of the molecule is CN=C(NCCCN1CCN(Cc2ccccc2)CC1)N(C)Cc1cn(C)nc1C(C)C.I. The van der Waals surface area contributed by atoms with Crippen molar-refractivity contribution in [2.24, 2.45) is 12.0 Å². The van der Waals surface area contributed by atoms with Crippen molar-refractivity contribution >= 4 is 29.9 Å². The molecule has 2 heterocycles. The number of nitrogens with one attached hydrogen (secondary N) is 1. The molecule has 1 N–H and O–H groups in total. The van der Waals surface area contributed by atoms with Crippen LogP contribution in [0.15, 0.2) is 41.5 Å². The number of aliphatic imine (C=N–C) groups is 1. The van der Waals surface area contributed by atoms with Crippen LogP contribution in [0.25, 0.3) is 0 Å². The van der Waals surface area contributed by atoms with Crippen molar-refractivity contribution in [2.45, 2.75) is 39.3 Å². The van der Waals surface area contributed by atoms with E-state index in [1.807, 2.05) is 18.8 Å². The number of aryl methyl sites for hydroxylation is 1. The lowest BCUT2D eigenvalue weighted by Gasteiger charge is -2.34. The smallest absolute Gasteiger partial charge is 0.193 e. The van der Waals surface area contributed by atoms with E-state index in [0.717, 1.165) is 64.7 Å². The van der Waals surface area contributed by atoms with Gasteiger partial charge in [-0.2, -0.15) is 5.10 Å². The van der Waals surface area contributed by atoms with Crippen LogP contribution in [0.3, 0.4) is 0 Å². The fourth-order valence-electron chi connectivity index (χ4n) is 4.39. The molecule has 1 saturated heterocycles. The number of halogens is 1. The van der Waals surface area contributed by atoms with Crippen LogP contribution < -0.4 is 5.32 Å². The molecule has 0 aliphatic carbocycles. The number of hydrogen-bond acceptors (Lipinski definition) is 4. The van der Waals surface area contributed by atoms with Crippen LogP contribution in [0.1, 0.15) is 43.0 Å². The first-order valence-corrected chi connectivity index (χ1v) is 11.9. The van der Waals surface area contributed by atoms with Gasteiger partial charge in [-0.3, -0.25) is 14.6 Å². The number of piperazine rings is 1. The minimum atomic E-state index is 0. The Morgan fingerprint density at radius 2 is 1.79 bits per heavy atom. The van der Waals surface area contributed by atoms with Crippen molar-refractivity contribution in [2.75, 3.05) is 53.4 Å². The van der Waals surface area contributed by atoms with E-state index in [1.54, 1.807) is 0 Å². The summed E-state index contributed by atoms with van der Waals surface area (Å²) in [7, 11) is 5.94. The van der Waals surface area contributed by atoms with Gasteiger partial charge in [-0.05, 0) is 24.4 Å². The normalized spacial score (nSPS) is 15.5. The third kappa shape index (κ3) is 8.57. The molecular formula is C25H42IN7. The van der Waals surface area contributed by atoms with Gasteiger partial charge in [-0.1, -0.05) is 44.2 Å². The van der Waals surface area contributed by atoms with Crippen LogP contribution in [0.5, 0.6) is 0 Å². The van der Waals surface area contributed by atoms with Crippen molar-refractivity contribution in [1.82, 2.24) is 29.8 Å². The van der Waals surface area contributed by atoms with Gasteiger partial charge in [0.25, 0.3) is 0 Å². The van der Waals surface area contributed by atoms with Crippen molar-refractivity contribution in [3.8, 4) is 0 Å². The fraction of sp³-hybridized carbons (Fsp3) is 0.600. The molecule has 1 aromatic heterocycles. The zero-order chi connectivity index (χ0) is 22.9. The largest absolute Gasteiger partial charge is 0.356 e. The first-order chi connectivity index (χ1) is 15.5. The lowest BCUT2D eigenvalue weighted by molar-refractivity contribution is 0.126. The summed E-state index contributed by atoms with van der Waals surface area (Å²) in [6.45, 7) is 12.9. The number of rotatable bonds is 9. The fourth-order valence-corrected chi connectivity index (χ4v) is 4.39. The Morgan fingerprint density at radius 1 is 1.12 bits per heavy atom. The summed E-state index contributed by atoms with van der Waals surface area (Å²) in [5.41, 5.74) is 3.84. The summed E-state index contributed by atoms with van der Waals surface area (Å²) >= 11 is 0. The van der Waals surface area contributed by atoms with Gasteiger partial charge in [0.2, 0.25) is 0 Å². The Bertz CT molecular complexity index is 842. The summed E-state index contributed by atoms with van der Waals surface area (Å²) in [6, 6.07) is 10.8. The van der Waals surface area contributed by atoms with Gasteiger partial charge >= 0.3 is 0 Å². The van der Waals surface area contributed by atoms with Crippen molar-refractivity contribution in [3.05, 3.63) is 53.3 Å². The molecule has 0 amide bonds.